The number of rotatable bonds is 3. The minimum absolute atomic E-state index is 1.03. The fraction of sp³-hybridized carbons (Fsp3) is 1.00. The number of hydrogen-bond acceptors (Lipinski definition) is 0. The van der Waals surface area contributed by atoms with E-state index in [1.165, 1.54) is 212 Å². The monoisotopic (exact) mass is 683 g/mol. The predicted molar refractivity (Wildman–Crippen MR) is 222 cm³/mol. The van der Waals surface area contributed by atoms with Crippen LogP contribution in [0.3, 0.4) is 0 Å². The van der Waals surface area contributed by atoms with Crippen LogP contribution in [-0.4, -0.2) is 0 Å². The van der Waals surface area contributed by atoms with Gasteiger partial charge in [0.25, 0.3) is 0 Å². The smallest absolute Gasteiger partial charge is 0.0329 e. The van der Waals surface area contributed by atoms with Gasteiger partial charge in [0.1, 0.15) is 0 Å². The SMILES string of the molecule is C1CCCCCCCC(C(C2CCCCCCCCCCCCCCC2)C2CCCCCCCCCCCCCCC2)CCCCCCC1. The molecule has 0 aromatic heterocycles. The topological polar surface area (TPSA) is 0 Å². The fourth-order valence-corrected chi connectivity index (χ4v) is 11.0. The van der Waals surface area contributed by atoms with Gasteiger partial charge < -0.3 is 0 Å². The van der Waals surface area contributed by atoms with Crippen molar-refractivity contribution in [3.8, 4) is 0 Å². The molecule has 0 radical (unpaired) electrons. The highest BCUT2D eigenvalue weighted by molar-refractivity contribution is 4.85. The van der Waals surface area contributed by atoms with Crippen LogP contribution in [0.5, 0.6) is 0 Å². The molecule has 0 bridgehead atoms. The average Bonchev–Trinajstić information content (AvgIpc) is 3.10. The van der Waals surface area contributed by atoms with E-state index in [4.69, 9.17) is 0 Å². The van der Waals surface area contributed by atoms with Gasteiger partial charge in [-0.2, -0.15) is 0 Å². The van der Waals surface area contributed by atoms with Crippen LogP contribution < -0.4 is 0 Å². The Morgan fingerprint density at radius 1 is 0.143 bits per heavy atom. The molecule has 290 valence electrons. The third-order valence-corrected chi connectivity index (χ3v) is 14.1. The molecule has 0 spiro atoms. The highest BCUT2D eigenvalue weighted by Crippen LogP contribution is 2.44. The molecule has 0 amide bonds. The summed E-state index contributed by atoms with van der Waals surface area (Å²) in [6.45, 7) is 0. The predicted octanol–water partition coefficient (Wildman–Crippen LogP) is 18.0. The van der Waals surface area contributed by atoms with Crippen LogP contribution in [0.2, 0.25) is 0 Å². The summed E-state index contributed by atoms with van der Waals surface area (Å²) in [5, 5.41) is 0. The molecule has 0 nitrogen and oxygen atoms in total. The third kappa shape index (κ3) is 23.3. The quantitative estimate of drug-likeness (QED) is 0.278. The van der Waals surface area contributed by atoms with Gasteiger partial charge in [-0.1, -0.05) is 289 Å². The maximum absolute atomic E-state index is 1.58. The molecule has 3 rings (SSSR count). The van der Waals surface area contributed by atoms with Crippen LogP contribution in [0.4, 0.5) is 0 Å². The Kier molecular flexibility index (Phi) is 28.9. The second-order valence-electron chi connectivity index (χ2n) is 18.4. The molecular weight excluding hydrogens is 589 g/mol. The van der Waals surface area contributed by atoms with Gasteiger partial charge in [0.05, 0.1) is 0 Å². The van der Waals surface area contributed by atoms with Crippen molar-refractivity contribution >= 4 is 0 Å². The van der Waals surface area contributed by atoms with Gasteiger partial charge in [-0.15, -0.1) is 0 Å². The zero-order chi connectivity index (χ0) is 34.1. The van der Waals surface area contributed by atoms with Crippen LogP contribution in [0.15, 0.2) is 0 Å². The van der Waals surface area contributed by atoms with E-state index >= 15 is 0 Å². The van der Waals surface area contributed by atoms with Crippen LogP contribution in [0.25, 0.3) is 0 Å². The summed E-state index contributed by atoms with van der Waals surface area (Å²) in [5.41, 5.74) is 0. The molecule has 0 aromatic rings. The fourth-order valence-electron chi connectivity index (χ4n) is 11.0. The third-order valence-electron chi connectivity index (χ3n) is 14.1. The van der Waals surface area contributed by atoms with Gasteiger partial charge >= 0.3 is 0 Å². The largest absolute Gasteiger partial charge is 0.0533 e. The van der Waals surface area contributed by atoms with Crippen LogP contribution in [0, 0.1) is 23.7 Å². The Balaban J connectivity index is 1.79. The minimum atomic E-state index is 1.03. The minimum Gasteiger partial charge on any atom is -0.0533 e. The Morgan fingerprint density at radius 3 is 0.367 bits per heavy atom. The Bertz CT molecular complexity index is 527. The lowest BCUT2D eigenvalue weighted by molar-refractivity contribution is 0.0912. The normalized spacial score (nSPS) is 25.9. The molecule has 0 N–H and O–H groups in total. The van der Waals surface area contributed by atoms with E-state index in [9.17, 15) is 0 Å². The second-order valence-corrected chi connectivity index (χ2v) is 18.4. The zero-order valence-corrected chi connectivity index (χ0v) is 34.1. The summed E-state index contributed by atoms with van der Waals surface area (Å²) in [7, 11) is 0. The highest BCUT2D eigenvalue weighted by atomic mass is 14.4. The summed E-state index contributed by atoms with van der Waals surface area (Å²) in [6, 6.07) is 0. The van der Waals surface area contributed by atoms with E-state index in [1.54, 1.807) is 77.0 Å². The molecule has 0 aliphatic heterocycles. The highest BCUT2D eigenvalue weighted by Gasteiger charge is 2.34. The lowest BCUT2D eigenvalue weighted by Gasteiger charge is -2.41. The van der Waals surface area contributed by atoms with Crippen LogP contribution in [0.1, 0.15) is 289 Å². The van der Waals surface area contributed by atoms with E-state index in [0.717, 1.165) is 23.7 Å². The number of hydrogen-bond donors (Lipinski definition) is 0. The van der Waals surface area contributed by atoms with Crippen LogP contribution in [-0.2, 0) is 0 Å². The second kappa shape index (κ2) is 32.6. The summed E-state index contributed by atoms with van der Waals surface area (Å²) in [5.74, 6) is 4.12. The van der Waals surface area contributed by atoms with Gasteiger partial charge in [0, 0.05) is 0 Å². The zero-order valence-electron chi connectivity index (χ0n) is 34.1. The van der Waals surface area contributed by atoms with Crippen molar-refractivity contribution in [1.82, 2.24) is 0 Å². The van der Waals surface area contributed by atoms with Gasteiger partial charge in [-0.3, -0.25) is 0 Å². The lowest BCUT2D eigenvalue weighted by Crippen LogP contribution is -2.32. The van der Waals surface area contributed by atoms with Crippen molar-refractivity contribution in [3.05, 3.63) is 0 Å². The molecule has 0 heterocycles. The lowest BCUT2D eigenvalue weighted by atomic mass is 9.64. The average molecular weight is 683 g/mol. The summed E-state index contributed by atoms with van der Waals surface area (Å²) in [6.07, 6.45) is 68.7. The first-order valence-electron chi connectivity index (χ1n) is 24.4. The van der Waals surface area contributed by atoms with Crippen molar-refractivity contribution in [2.24, 2.45) is 23.7 Å². The van der Waals surface area contributed by atoms with E-state index in [2.05, 4.69) is 0 Å². The molecule has 0 atom stereocenters. The molecule has 49 heavy (non-hydrogen) atoms. The van der Waals surface area contributed by atoms with Crippen molar-refractivity contribution < 1.29 is 0 Å². The standard InChI is InChI=1S/C49H94/c1-4-10-16-22-28-34-40-46(41-35-29-23-17-11-5-1)49(47-42-36-30-24-18-12-6-2-7-13-19-25-31-37-43-47)48-44-38-32-26-20-14-8-3-9-15-21-27-33-39-45-48/h46-49H,1-45H2. The maximum atomic E-state index is 1.58. The van der Waals surface area contributed by atoms with Crippen molar-refractivity contribution in [2.45, 2.75) is 289 Å². The van der Waals surface area contributed by atoms with Gasteiger partial charge in [-0.05, 0) is 23.7 Å². The molecular formula is C49H94. The Morgan fingerprint density at radius 2 is 0.245 bits per heavy atom. The van der Waals surface area contributed by atoms with E-state index in [-0.39, 0.29) is 0 Å². The first kappa shape index (κ1) is 43.4. The van der Waals surface area contributed by atoms with Crippen molar-refractivity contribution in [1.29, 1.82) is 0 Å². The summed E-state index contributed by atoms with van der Waals surface area (Å²) < 4.78 is 0. The molecule has 0 heteroatoms. The van der Waals surface area contributed by atoms with Gasteiger partial charge in [0.15, 0.2) is 0 Å². The van der Waals surface area contributed by atoms with Crippen LogP contribution >= 0.6 is 0 Å². The molecule has 0 unspecified atom stereocenters. The van der Waals surface area contributed by atoms with E-state index in [1.807, 2.05) is 0 Å². The molecule has 3 saturated carbocycles. The molecule has 3 aliphatic carbocycles. The van der Waals surface area contributed by atoms with Crippen molar-refractivity contribution in [2.75, 3.05) is 0 Å². The first-order valence-corrected chi connectivity index (χ1v) is 24.4. The molecule has 3 aliphatic rings. The molecule has 0 aromatic carbocycles. The van der Waals surface area contributed by atoms with E-state index in [0.29, 0.717) is 0 Å². The first-order chi connectivity index (χ1) is 24.4. The molecule has 0 saturated heterocycles. The van der Waals surface area contributed by atoms with Crippen molar-refractivity contribution in [3.63, 3.8) is 0 Å². The van der Waals surface area contributed by atoms with E-state index < -0.39 is 0 Å². The van der Waals surface area contributed by atoms with Gasteiger partial charge in [0.2, 0.25) is 0 Å². The Hall–Kier alpha value is 0. The summed E-state index contributed by atoms with van der Waals surface area (Å²) in [4.78, 5) is 0. The van der Waals surface area contributed by atoms with Gasteiger partial charge in [-0.25, -0.2) is 0 Å². The molecule has 3 fully saturated rings. The maximum Gasteiger partial charge on any atom is -0.0329 e. The Labute approximate surface area is 311 Å². The summed E-state index contributed by atoms with van der Waals surface area (Å²) >= 11 is 0.